The average molecular weight is 317 g/mol. The third-order valence-electron chi connectivity index (χ3n) is 6.03. The third kappa shape index (κ3) is 2.77. The Morgan fingerprint density at radius 2 is 1.91 bits per heavy atom. The highest BCUT2D eigenvalue weighted by atomic mass is 16.2. The van der Waals surface area contributed by atoms with Gasteiger partial charge in [0.2, 0.25) is 5.91 Å². The molecule has 1 atom stereocenters. The van der Waals surface area contributed by atoms with Crippen molar-refractivity contribution in [3.63, 3.8) is 0 Å². The Hall–Kier alpha value is -1.43. The summed E-state index contributed by atoms with van der Waals surface area (Å²) in [5.74, 6) is 1.34. The Morgan fingerprint density at radius 1 is 1.13 bits per heavy atom. The molecule has 3 heterocycles. The molecule has 2 fully saturated rings. The van der Waals surface area contributed by atoms with E-state index in [0.717, 1.165) is 57.6 Å². The van der Waals surface area contributed by atoms with Gasteiger partial charge in [-0.15, -0.1) is 10.2 Å². The normalized spacial score (nSPS) is 27.6. The summed E-state index contributed by atoms with van der Waals surface area (Å²) in [6.45, 7) is 3.10. The van der Waals surface area contributed by atoms with Gasteiger partial charge in [-0.3, -0.25) is 9.69 Å². The zero-order valence-electron chi connectivity index (χ0n) is 13.8. The van der Waals surface area contributed by atoms with Gasteiger partial charge in [0.25, 0.3) is 0 Å². The van der Waals surface area contributed by atoms with Crippen LogP contribution in [-0.2, 0) is 17.8 Å². The first-order valence-electron chi connectivity index (χ1n) is 9.21. The van der Waals surface area contributed by atoms with Gasteiger partial charge in [0.05, 0.1) is 0 Å². The number of hydrogen-bond acceptors (Lipinski definition) is 4. The number of likely N-dealkylation sites (tertiary alicyclic amines) is 1. The van der Waals surface area contributed by atoms with Crippen LogP contribution in [-0.4, -0.2) is 50.2 Å². The first-order valence-corrected chi connectivity index (χ1v) is 9.21. The highest BCUT2D eigenvalue weighted by Crippen LogP contribution is 2.38. The van der Waals surface area contributed by atoms with Crippen molar-refractivity contribution in [1.29, 1.82) is 0 Å². The van der Waals surface area contributed by atoms with Crippen LogP contribution in [0.5, 0.6) is 0 Å². The highest BCUT2D eigenvalue weighted by Gasteiger charge is 2.47. The van der Waals surface area contributed by atoms with Gasteiger partial charge in [0, 0.05) is 19.0 Å². The molecule has 0 bridgehead atoms. The van der Waals surface area contributed by atoms with Gasteiger partial charge in [-0.1, -0.05) is 12.8 Å². The number of carbonyl (C=O) groups is 1. The molecule has 0 spiro atoms. The lowest BCUT2D eigenvalue weighted by Crippen LogP contribution is -2.58. The minimum absolute atomic E-state index is 0.210. The summed E-state index contributed by atoms with van der Waals surface area (Å²) in [6.07, 6.45) is 11.6. The van der Waals surface area contributed by atoms with Crippen LogP contribution >= 0.6 is 0 Å². The number of aryl methyl sites for hydroxylation is 2. The summed E-state index contributed by atoms with van der Waals surface area (Å²) >= 11 is 0. The van der Waals surface area contributed by atoms with E-state index in [4.69, 9.17) is 0 Å². The smallest absolute Gasteiger partial charge is 0.240 e. The average Bonchev–Trinajstić information content (AvgIpc) is 3.29. The molecular formula is C17H27N5O. The van der Waals surface area contributed by atoms with Crippen LogP contribution in [0.15, 0.2) is 6.33 Å². The maximum Gasteiger partial charge on any atom is 0.240 e. The van der Waals surface area contributed by atoms with Crippen LogP contribution in [0.1, 0.15) is 57.2 Å². The summed E-state index contributed by atoms with van der Waals surface area (Å²) in [5, 5.41) is 11.6. The predicted octanol–water partition coefficient (Wildman–Crippen LogP) is 1.51. The molecule has 1 unspecified atom stereocenters. The van der Waals surface area contributed by atoms with E-state index < -0.39 is 0 Å². The first-order chi connectivity index (χ1) is 11.3. The van der Waals surface area contributed by atoms with Crippen LogP contribution in [0, 0.1) is 0 Å². The molecule has 23 heavy (non-hydrogen) atoms. The summed E-state index contributed by atoms with van der Waals surface area (Å²) in [5.41, 5.74) is -0.210. The Morgan fingerprint density at radius 3 is 2.70 bits per heavy atom. The number of amides is 1. The summed E-state index contributed by atoms with van der Waals surface area (Å²) < 4.78 is 2.12. The molecule has 1 aliphatic carbocycles. The predicted molar refractivity (Wildman–Crippen MR) is 86.9 cm³/mol. The largest absolute Gasteiger partial charge is 0.352 e. The van der Waals surface area contributed by atoms with Crippen molar-refractivity contribution >= 4 is 5.91 Å². The molecule has 1 aromatic rings. The number of carbonyl (C=O) groups excluding carboxylic acids is 1. The molecule has 0 radical (unpaired) electrons. The molecule has 6 heteroatoms. The van der Waals surface area contributed by atoms with Crippen LogP contribution < -0.4 is 5.32 Å². The van der Waals surface area contributed by atoms with Crippen LogP contribution in [0.4, 0.5) is 0 Å². The third-order valence-corrected chi connectivity index (χ3v) is 6.03. The van der Waals surface area contributed by atoms with E-state index in [2.05, 4.69) is 25.0 Å². The molecule has 1 saturated heterocycles. The molecule has 6 nitrogen and oxygen atoms in total. The zero-order chi connectivity index (χ0) is 15.7. The fraction of sp³-hybridized carbons (Fsp3) is 0.824. The molecule has 4 rings (SSSR count). The number of fused-ring (bicyclic) bond motifs is 1. The minimum atomic E-state index is -0.210. The molecule has 0 aromatic carbocycles. The van der Waals surface area contributed by atoms with Crippen molar-refractivity contribution < 1.29 is 4.79 Å². The molecule has 126 valence electrons. The number of hydrogen-bond donors (Lipinski definition) is 1. The Balaban J connectivity index is 1.43. The van der Waals surface area contributed by atoms with Crippen LogP contribution in [0.2, 0.25) is 0 Å². The quantitative estimate of drug-likeness (QED) is 0.918. The highest BCUT2D eigenvalue weighted by molar-refractivity contribution is 5.87. The molecule has 1 saturated carbocycles. The van der Waals surface area contributed by atoms with Crippen molar-refractivity contribution in [2.75, 3.05) is 13.1 Å². The summed E-state index contributed by atoms with van der Waals surface area (Å²) in [6, 6.07) is 0.268. The molecule has 1 amide bonds. The van der Waals surface area contributed by atoms with Crippen molar-refractivity contribution in [3.8, 4) is 0 Å². The molecule has 1 aromatic heterocycles. The van der Waals surface area contributed by atoms with Gasteiger partial charge in [-0.25, -0.2) is 0 Å². The van der Waals surface area contributed by atoms with E-state index in [1.807, 2.05) is 6.33 Å². The summed E-state index contributed by atoms with van der Waals surface area (Å²) in [4.78, 5) is 15.6. The second-order valence-electron chi connectivity index (χ2n) is 7.37. The van der Waals surface area contributed by atoms with Gasteiger partial charge in [-0.2, -0.15) is 0 Å². The maximum atomic E-state index is 13.2. The first kappa shape index (κ1) is 15.1. The van der Waals surface area contributed by atoms with E-state index in [1.54, 1.807) is 0 Å². The van der Waals surface area contributed by atoms with E-state index >= 15 is 0 Å². The number of rotatable bonds is 3. The SMILES string of the molecule is O=C(NC1CCc2nncn2CC1)C1(N2CCCC2)CCCC1. The van der Waals surface area contributed by atoms with Gasteiger partial charge in [0.1, 0.15) is 17.7 Å². The minimum Gasteiger partial charge on any atom is -0.352 e. The van der Waals surface area contributed by atoms with Crippen molar-refractivity contribution in [1.82, 2.24) is 25.0 Å². The molecular weight excluding hydrogens is 290 g/mol. The molecule has 3 aliphatic rings. The van der Waals surface area contributed by atoms with Crippen molar-refractivity contribution in [3.05, 3.63) is 12.2 Å². The van der Waals surface area contributed by atoms with Crippen LogP contribution in [0.3, 0.4) is 0 Å². The Kier molecular flexibility index (Phi) is 4.09. The van der Waals surface area contributed by atoms with E-state index in [9.17, 15) is 4.79 Å². The van der Waals surface area contributed by atoms with Gasteiger partial charge < -0.3 is 9.88 Å². The van der Waals surface area contributed by atoms with Gasteiger partial charge in [0.15, 0.2) is 0 Å². The van der Waals surface area contributed by atoms with E-state index in [0.29, 0.717) is 5.91 Å². The van der Waals surface area contributed by atoms with E-state index in [1.165, 1.54) is 25.7 Å². The monoisotopic (exact) mass is 317 g/mol. The number of aromatic nitrogens is 3. The second kappa shape index (κ2) is 6.23. The van der Waals surface area contributed by atoms with Crippen molar-refractivity contribution in [2.45, 2.75) is 75.9 Å². The zero-order valence-corrected chi connectivity index (χ0v) is 13.8. The van der Waals surface area contributed by atoms with Gasteiger partial charge in [-0.05, 0) is 51.6 Å². The number of nitrogens with zero attached hydrogens (tertiary/aromatic N) is 4. The number of nitrogens with one attached hydrogen (secondary N) is 1. The lowest BCUT2D eigenvalue weighted by Gasteiger charge is -2.38. The fourth-order valence-electron chi connectivity index (χ4n) is 4.66. The lowest BCUT2D eigenvalue weighted by atomic mass is 9.93. The molecule has 2 aliphatic heterocycles. The topological polar surface area (TPSA) is 63.1 Å². The van der Waals surface area contributed by atoms with Gasteiger partial charge >= 0.3 is 0 Å². The van der Waals surface area contributed by atoms with Crippen molar-refractivity contribution in [2.24, 2.45) is 0 Å². The Bertz CT molecular complexity index is 535. The standard InChI is InChI=1S/C17H27N5O/c23-16(17(8-1-2-9-17)22-10-3-4-11-22)19-14-5-6-15-20-18-13-21(15)12-7-14/h13-14H,1-12H2,(H,19,23). The maximum absolute atomic E-state index is 13.2. The van der Waals surface area contributed by atoms with E-state index in [-0.39, 0.29) is 11.6 Å². The summed E-state index contributed by atoms with van der Waals surface area (Å²) in [7, 11) is 0. The Labute approximate surface area is 137 Å². The fourth-order valence-corrected chi connectivity index (χ4v) is 4.66. The lowest BCUT2D eigenvalue weighted by molar-refractivity contribution is -0.133. The second-order valence-corrected chi connectivity index (χ2v) is 7.37. The van der Waals surface area contributed by atoms with Crippen LogP contribution in [0.25, 0.3) is 0 Å². The molecule has 1 N–H and O–H groups in total.